The molecule has 0 atom stereocenters. The summed E-state index contributed by atoms with van der Waals surface area (Å²) in [6.45, 7) is 1.73. The molecule has 1 saturated heterocycles. The maximum absolute atomic E-state index is 12.3. The van der Waals surface area contributed by atoms with E-state index in [1.807, 2.05) is 37.3 Å². The molecule has 0 bridgehead atoms. The second kappa shape index (κ2) is 8.09. The highest BCUT2D eigenvalue weighted by Gasteiger charge is 2.36. The second-order valence-corrected chi connectivity index (χ2v) is 6.97. The van der Waals surface area contributed by atoms with Crippen molar-refractivity contribution in [1.29, 1.82) is 0 Å². The minimum Gasteiger partial charge on any atom is -0.488 e. The number of ether oxygens (including phenoxy) is 1. The second-order valence-electron chi connectivity index (χ2n) is 5.97. The third kappa shape index (κ3) is 4.57. The number of rotatable bonds is 6. The highest BCUT2D eigenvalue weighted by Crippen LogP contribution is 2.33. The van der Waals surface area contributed by atoms with Gasteiger partial charge in [-0.1, -0.05) is 48.0 Å². The van der Waals surface area contributed by atoms with E-state index in [1.165, 1.54) is 0 Å². The van der Waals surface area contributed by atoms with Crippen LogP contribution in [0, 0.1) is 6.92 Å². The molecule has 2 aromatic rings. The number of amides is 2. The first-order valence-corrected chi connectivity index (χ1v) is 9.00. The van der Waals surface area contributed by atoms with Crippen LogP contribution in [-0.4, -0.2) is 33.7 Å². The molecule has 1 fully saturated rings. The van der Waals surface area contributed by atoms with Crippen molar-refractivity contribution in [2.24, 2.45) is 0 Å². The number of carbonyl (C=O) groups excluding carboxylic acids is 2. The van der Waals surface area contributed by atoms with Gasteiger partial charge in [-0.2, -0.15) is 0 Å². The molecule has 2 amide bonds. The number of nitrogens with zero attached hydrogens (tertiary/aromatic N) is 1. The predicted molar refractivity (Wildman–Crippen MR) is 102 cm³/mol. The zero-order chi connectivity index (χ0) is 19.4. The Morgan fingerprint density at radius 2 is 1.85 bits per heavy atom. The van der Waals surface area contributed by atoms with Crippen molar-refractivity contribution in [2.45, 2.75) is 13.5 Å². The molecule has 138 valence electrons. The Kier molecular flexibility index (Phi) is 5.61. The Morgan fingerprint density at radius 1 is 1.15 bits per heavy atom. The monoisotopic (exact) mass is 383 g/mol. The molecule has 1 aliphatic rings. The van der Waals surface area contributed by atoms with Gasteiger partial charge in [0.2, 0.25) is 0 Å². The molecule has 27 heavy (non-hydrogen) atoms. The largest absolute Gasteiger partial charge is 0.488 e. The van der Waals surface area contributed by atoms with E-state index in [4.69, 9.17) is 9.84 Å². The summed E-state index contributed by atoms with van der Waals surface area (Å²) in [5, 5.41) is 8.24. The lowest BCUT2D eigenvalue weighted by Crippen LogP contribution is -2.33. The van der Waals surface area contributed by atoms with Crippen molar-refractivity contribution in [2.75, 3.05) is 6.54 Å². The number of aryl methyl sites for hydroxylation is 1. The molecular formula is C20H17NO5S. The summed E-state index contributed by atoms with van der Waals surface area (Å²) in [5.41, 5.74) is 2.82. The van der Waals surface area contributed by atoms with Crippen LogP contribution in [0.25, 0.3) is 6.08 Å². The van der Waals surface area contributed by atoms with Crippen molar-refractivity contribution in [3.8, 4) is 5.75 Å². The van der Waals surface area contributed by atoms with Crippen LogP contribution < -0.4 is 4.74 Å². The first-order chi connectivity index (χ1) is 12.9. The molecule has 0 aromatic heterocycles. The molecule has 3 rings (SSSR count). The SMILES string of the molecule is Cc1ccc(COc2ccccc2C=C2SC(=O)N(CC(=O)O)C2=O)cc1. The number of carboxylic acids is 1. The molecule has 1 N–H and O–H groups in total. The van der Waals surface area contributed by atoms with Crippen LogP contribution in [0.1, 0.15) is 16.7 Å². The molecule has 0 spiro atoms. The third-order valence-corrected chi connectivity index (χ3v) is 4.79. The van der Waals surface area contributed by atoms with E-state index in [1.54, 1.807) is 24.3 Å². The van der Waals surface area contributed by atoms with Crippen LogP contribution in [0.3, 0.4) is 0 Å². The van der Waals surface area contributed by atoms with E-state index >= 15 is 0 Å². The third-order valence-electron chi connectivity index (χ3n) is 3.89. The summed E-state index contributed by atoms with van der Waals surface area (Å²) >= 11 is 0.723. The van der Waals surface area contributed by atoms with Gasteiger partial charge in [0.05, 0.1) is 4.91 Å². The summed E-state index contributed by atoms with van der Waals surface area (Å²) in [7, 11) is 0. The van der Waals surface area contributed by atoms with E-state index in [0.29, 0.717) is 22.8 Å². The van der Waals surface area contributed by atoms with Gasteiger partial charge in [-0.05, 0) is 36.4 Å². The number of carboxylic acid groups (broad SMARTS) is 1. The fourth-order valence-electron chi connectivity index (χ4n) is 2.49. The fraction of sp³-hybridized carbons (Fsp3) is 0.150. The molecule has 2 aromatic carbocycles. The molecular weight excluding hydrogens is 366 g/mol. The summed E-state index contributed by atoms with van der Waals surface area (Å²) < 4.78 is 5.87. The van der Waals surface area contributed by atoms with Crippen molar-refractivity contribution in [3.05, 3.63) is 70.1 Å². The number of benzene rings is 2. The smallest absolute Gasteiger partial charge is 0.323 e. The molecule has 1 heterocycles. The van der Waals surface area contributed by atoms with Gasteiger partial charge in [0.15, 0.2) is 0 Å². The number of hydrogen-bond donors (Lipinski definition) is 1. The number of aliphatic carboxylic acids is 1. The van der Waals surface area contributed by atoms with Crippen molar-refractivity contribution >= 4 is 35.0 Å². The van der Waals surface area contributed by atoms with Crippen molar-refractivity contribution in [1.82, 2.24) is 4.90 Å². The quantitative estimate of drug-likeness (QED) is 0.766. The molecule has 0 unspecified atom stereocenters. The van der Waals surface area contributed by atoms with Crippen LogP contribution in [0.2, 0.25) is 0 Å². The summed E-state index contributed by atoms with van der Waals surface area (Å²) in [4.78, 5) is 35.9. The fourth-order valence-corrected chi connectivity index (χ4v) is 3.32. The van der Waals surface area contributed by atoms with Gasteiger partial charge < -0.3 is 9.84 Å². The van der Waals surface area contributed by atoms with E-state index in [9.17, 15) is 14.4 Å². The van der Waals surface area contributed by atoms with E-state index in [2.05, 4.69) is 0 Å². The first-order valence-electron chi connectivity index (χ1n) is 8.18. The van der Waals surface area contributed by atoms with Crippen LogP contribution in [0.4, 0.5) is 4.79 Å². The van der Waals surface area contributed by atoms with Gasteiger partial charge in [-0.25, -0.2) is 0 Å². The standard InChI is InChI=1S/C20H17NO5S/c1-13-6-8-14(9-7-13)12-26-16-5-3-2-4-15(16)10-17-19(24)21(11-18(22)23)20(25)27-17/h2-10H,11-12H2,1H3,(H,22,23). The van der Waals surface area contributed by atoms with Gasteiger partial charge in [0.1, 0.15) is 18.9 Å². The van der Waals surface area contributed by atoms with Crippen LogP contribution >= 0.6 is 11.8 Å². The molecule has 0 aliphatic carbocycles. The number of imide groups is 1. The Labute approximate surface area is 160 Å². The van der Waals surface area contributed by atoms with Crippen molar-refractivity contribution < 1.29 is 24.2 Å². The van der Waals surface area contributed by atoms with E-state index in [0.717, 1.165) is 22.9 Å². The highest BCUT2D eigenvalue weighted by atomic mass is 32.2. The minimum atomic E-state index is -1.24. The van der Waals surface area contributed by atoms with Gasteiger partial charge in [0, 0.05) is 5.56 Å². The van der Waals surface area contributed by atoms with Gasteiger partial charge >= 0.3 is 5.97 Å². The van der Waals surface area contributed by atoms with Gasteiger partial charge in [-0.3, -0.25) is 19.3 Å². The van der Waals surface area contributed by atoms with E-state index in [-0.39, 0.29) is 4.91 Å². The Bertz CT molecular complexity index is 920. The molecule has 0 saturated carbocycles. The molecule has 6 nitrogen and oxygen atoms in total. The maximum atomic E-state index is 12.3. The van der Waals surface area contributed by atoms with Crippen molar-refractivity contribution in [3.63, 3.8) is 0 Å². The summed E-state index contributed by atoms with van der Waals surface area (Å²) in [5.74, 6) is -1.27. The average Bonchev–Trinajstić information content (AvgIpc) is 2.89. The van der Waals surface area contributed by atoms with Crippen LogP contribution in [-0.2, 0) is 16.2 Å². The summed E-state index contributed by atoms with van der Waals surface area (Å²) in [6, 6.07) is 15.1. The van der Waals surface area contributed by atoms with Crippen LogP contribution in [0.15, 0.2) is 53.4 Å². The van der Waals surface area contributed by atoms with Gasteiger partial charge in [0.25, 0.3) is 11.1 Å². The van der Waals surface area contributed by atoms with Crippen LogP contribution in [0.5, 0.6) is 5.75 Å². The topological polar surface area (TPSA) is 83.9 Å². The predicted octanol–water partition coefficient (Wildman–Crippen LogP) is 3.69. The summed E-state index contributed by atoms with van der Waals surface area (Å²) in [6.07, 6.45) is 1.55. The Balaban J connectivity index is 1.78. The first kappa shape index (κ1) is 18.7. The Morgan fingerprint density at radius 3 is 2.56 bits per heavy atom. The molecule has 1 aliphatic heterocycles. The van der Waals surface area contributed by atoms with Gasteiger partial charge in [-0.15, -0.1) is 0 Å². The zero-order valence-electron chi connectivity index (χ0n) is 14.5. The lowest BCUT2D eigenvalue weighted by Gasteiger charge is -2.10. The number of para-hydroxylation sites is 1. The lowest BCUT2D eigenvalue weighted by molar-refractivity contribution is -0.140. The minimum absolute atomic E-state index is 0.174. The maximum Gasteiger partial charge on any atom is 0.323 e. The normalized spacial score (nSPS) is 15.4. The number of carbonyl (C=O) groups is 3. The molecule has 7 heteroatoms. The molecule has 0 radical (unpaired) electrons. The Hall–Kier alpha value is -3.06. The highest BCUT2D eigenvalue weighted by molar-refractivity contribution is 8.18. The zero-order valence-corrected chi connectivity index (χ0v) is 15.4. The average molecular weight is 383 g/mol. The number of thioether (sulfide) groups is 1. The number of hydrogen-bond acceptors (Lipinski definition) is 5. The lowest BCUT2D eigenvalue weighted by atomic mass is 10.1. The van der Waals surface area contributed by atoms with E-state index < -0.39 is 23.7 Å².